The van der Waals surface area contributed by atoms with Gasteiger partial charge >= 0.3 is 18.2 Å². The molecule has 0 radical (unpaired) electrons. The highest BCUT2D eigenvalue weighted by atomic mass is 28.4. The van der Waals surface area contributed by atoms with Crippen molar-refractivity contribution in [2.24, 2.45) is 17.6 Å². The van der Waals surface area contributed by atoms with Gasteiger partial charge in [0.1, 0.15) is 55.9 Å². The molecule has 0 bridgehead atoms. The largest absolute Gasteiger partial charge is 0.459 e. The van der Waals surface area contributed by atoms with Crippen LogP contribution in [0.1, 0.15) is 95.9 Å². The van der Waals surface area contributed by atoms with E-state index in [0.717, 1.165) is 27.1 Å². The predicted molar refractivity (Wildman–Crippen MR) is 321 cm³/mol. The van der Waals surface area contributed by atoms with Gasteiger partial charge in [-0.05, 0) is 63.7 Å². The number of ether oxygens (including phenoxy) is 10. The number of hydrogen-bond donors (Lipinski definition) is 5. The summed E-state index contributed by atoms with van der Waals surface area (Å²) in [7, 11) is -3.58. The Morgan fingerprint density at radius 3 is 1.77 bits per heavy atom. The van der Waals surface area contributed by atoms with E-state index in [9.17, 15) is 24.6 Å². The number of nitrogens with two attached hydrogens (primary N) is 1. The van der Waals surface area contributed by atoms with E-state index in [4.69, 9.17) is 57.5 Å². The summed E-state index contributed by atoms with van der Waals surface area (Å²) >= 11 is 0. The van der Waals surface area contributed by atoms with E-state index in [2.05, 4.69) is 55.7 Å². The van der Waals surface area contributed by atoms with Crippen LogP contribution in [0.3, 0.4) is 0 Å². The third-order valence-electron chi connectivity index (χ3n) is 18.0. The van der Waals surface area contributed by atoms with Crippen molar-refractivity contribution in [2.75, 3.05) is 6.54 Å². The Hall–Kier alpha value is -6.11. The Bertz CT molecular complexity index is 2990. The van der Waals surface area contributed by atoms with Crippen LogP contribution in [-0.2, 0) is 69.8 Å². The Morgan fingerprint density at radius 2 is 1.18 bits per heavy atom. The SMILES string of the molecule is CC[C@H]1O[C@@H](O[C@@H]2[C@H]3OC(=O)C[C@@H]3C[C@H](C)[C@H]2O[C@H]2O[C@H](CN)[C@@H](O)C[C@H]2NC(=O)OCc2ccccc2)[C@H](O[Si](c2ccccc2)(c2ccccc2)C(C)(C)C)[C@@H]1O[C@H]1O[C@H]2CCC(c3ccccc3)O[C@H]2[C@H](O)[C@H]1NC(=O)OCc1ccccc1. The molecule has 5 aliphatic heterocycles. The minimum Gasteiger partial charge on any atom is -0.459 e. The molecular formula is C67H83N3O16Si. The van der Waals surface area contributed by atoms with Crippen LogP contribution in [0.4, 0.5) is 9.59 Å². The van der Waals surface area contributed by atoms with Crippen molar-refractivity contribution in [2.45, 2.75) is 196 Å². The van der Waals surface area contributed by atoms with Crippen molar-refractivity contribution in [3.05, 3.63) is 168 Å². The molecular weight excluding hydrogens is 1130 g/mol. The summed E-state index contributed by atoms with van der Waals surface area (Å²) in [6.07, 6.45) is -13.9. The Morgan fingerprint density at radius 1 is 0.632 bits per heavy atom. The van der Waals surface area contributed by atoms with Crippen LogP contribution in [0.2, 0.25) is 5.04 Å². The van der Waals surface area contributed by atoms with E-state index < -0.39 is 124 Å². The van der Waals surface area contributed by atoms with Gasteiger partial charge in [0.2, 0.25) is 0 Å². The van der Waals surface area contributed by atoms with Crippen LogP contribution in [0.25, 0.3) is 0 Å². The van der Waals surface area contributed by atoms with Gasteiger partial charge in [-0.15, -0.1) is 0 Å². The molecule has 11 rings (SSSR count). The quantitative estimate of drug-likeness (QED) is 0.0311. The van der Waals surface area contributed by atoms with E-state index in [0.29, 0.717) is 25.7 Å². The second-order valence-corrected chi connectivity index (χ2v) is 29.1. The van der Waals surface area contributed by atoms with Gasteiger partial charge in [-0.25, -0.2) is 9.59 Å². The lowest BCUT2D eigenvalue weighted by atomic mass is 9.76. The average Bonchev–Trinajstić information content (AvgIpc) is 2.00. The van der Waals surface area contributed by atoms with Gasteiger partial charge in [0.25, 0.3) is 8.32 Å². The summed E-state index contributed by atoms with van der Waals surface area (Å²) < 4.78 is 75.1. The lowest BCUT2D eigenvalue weighted by molar-refractivity contribution is -0.309. The summed E-state index contributed by atoms with van der Waals surface area (Å²) in [5.41, 5.74) is 8.70. The van der Waals surface area contributed by atoms with Gasteiger partial charge in [-0.1, -0.05) is 186 Å². The predicted octanol–water partition coefficient (Wildman–Crippen LogP) is 7.22. The lowest BCUT2D eigenvalue weighted by Crippen LogP contribution is -2.70. The van der Waals surface area contributed by atoms with Crippen molar-refractivity contribution in [3.8, 4) is 0 Å². The maximum absolute atomic E-state index is 14.1. The maximum atomic E-state index is 14.1. The molecule has 5 aromatic rings. The first-order valence-corrected chi connectivity index (χ1v) is 32.6. The molecule has 87 heavy (non-hydrogen) atoms. The Kier molecular flexibility index (Phi) is 19.9. The summed E-state index contributed by atoms with van der Waals surface area (Å²) in [5, 5.41) is 31.1. The number of carbonyl (C=O) groups is 3. The zero-order valence-electron chi connectivity index (χ0n) is 50.0. The van der Waals surface area contributed by atoms with Crippen molar-refractivity contribution in [3.63, 3.8) is 0 Å². The van der Waals surface area contributed by atoms with Crippen molar-refractivity contribution in [1.82, 2.24) is 10.6 Å². The average molecular weight is 1210 g/mol. The van der Waals surface area contributed by atoms with Crippen LogP contribution in [0, 0.1) is 11.8 Å². The standard InChI is InChI=1S/C67H83N3O16Si/c1-6-49-59(84-63-54(70-66(75)77-39-42-24-14-8-15-25-42)55(73)58-51(80-63)33-32-50(78-58)43-26-16-9-17-27-43)61(86-87(67(3,4)5,45-28-18-10-19-29-45)46-30-20-11-21-31-46)64(79-49)85-60-56(40(2)34-44-35-53(72)82-57(44)60)83-62-47(36-48(71)52(37-68)81-62)69-65(74)76-38-41-22-12-7-13-23-41/h7-31,40,44,47-52,54-64,71,73H,6,32-39,68H2,1-5H3,(H,69,74)(H,70,75)/t40-,44-,47+,48-,49+,50?,51-,52+,54+,55+,56+,57-,58+,59+,60-,61+,62+,63+,64-/m0/s1. The summed E-state index contributed by atoms with van der Waals surface area (Å²) in [4.78, 5) is 41.2. The topological polar surface area (TPSA) is 243 Å². The highest BCUT2D eigenvalue weighted by molar-refractivity contribution is 6.99. The van der Waals surface area contributed by atoms with Crippen molar-refractivity contribution in [1.29, 1.82) is 0 Å². The molecule has 0 aromatic heterocycles. The van der Waals surface area contributed by atoms with E-state index in [1.54, 1.807) is 0 Å². The number of aliphatic hydroxyl groups excluding tert-OH is 2. The molecule has 5 aromatic carbocycles. The fraction of sp³-hybridized carbons (Fsp3) is 0.507. The maximum Gasteiger partial charge on any atom is 0.407 e. The first kappa shape index (κ1) is 62.5. The second kappa shape index (κ2) is 27.7. The third-order valence-corrected chi connectivity index (χ3v) is 23.0. The first-order chi connectivity index (χ1) is 42.1. The smallest absolute Gasteiger partial charge is 0.407 e. The number of fused-ring (bicyclic) bond motifs is 2. The Labute approximate surface area is 509 Å². The van der Waals surface area contributed by atoms with Crippen LogP contribution >= 0.6 is 0 Å². The fourth-order valence-corrected chi connectivity index (χ4v) is 18.4. The molecule has 5 saturated heterocycles. The Balaban J connectivity index is 0.962. The number of amides is 2. The molecule has 6 aliphatic rings. The molecule has 2 amide bonds. The highest BCUT2D eigenvalue weighted by Gasteiger charge is 2.61. The summed E-state index contributed by atoms with van der Waals surface area (Å²) in [6.45, 7) is 10.4. The molecule has 6 fully saturated rings. The van der Waals surface area contributed by atoms with Gasteiger partial charge in [0, 0.05) is 18.9 Å². The van der Waals surface area contributed by atoms with Gasteiger partial charge in [-0.3, -0.25) is 4.79 Å². The number of carbonyl (C=O) groups excluding carboxylic acids is 3. The molecule has 466 valence electrons. The number of hydrogen-bond acceptors (Lipinski definition) is 17. The number of benzene rings is 5. The number of esters is 1. The minimum atomic E-state index is -3.58. The molecule has 1 saturated carbocycles. The molecule has 5 heterocycles. The minimum absolute atomic E-state index is 0.00234. The molecule has 19 atom stereocenters. The van der Waals surface area contributed by atoms with Gasteiger partial charge in [0.05, 0.1) is 49.1 Å². The normalized spacial score (nSPS) is 33.3. The monoisotopic (exact) mass is 1210 g/mol. The molecule has 20 heteroatoms. The zero-order valence-corrected chi connectivity index (χ0v) is 51.0. The molecule has 0 spiro atoms. The molecule has 19 nitrogen and oxygen atoms in total. The lowest BCUT2D eigenvalue weighted by Gasteiger charge is -2.50. The molecule has 1 unspecified atom stereocenters. The number of alkyl carbamates (subject to hydrolysis) is 2. The highest BCUT2D eigenvalue weighted by Crippen LogP contribution is 2.47. The van der Waals surface area contributed by atoms with E-state index in [-0.39, 0.29) is 56.5 Å². The first-order valence-electron chi connectivity index (χ1n) is 30.7. The van der Waals surface area contributed by atoms with Gasteiger partial charge in [0.15, 0.2) is 18.9 Å². The number of aliphatic hydroxyl groups is 2. The van der Waals surface area contributed by atoms with E-state index in [1.165, 1.54) is 0 Å². The van der Waals surface area contributed by atoms with Crippen LogP contribution in [0.5, 0.6) is 0 Å². The number of rotatable bonds is 19. The van der Waals surface area contributed by atoms with E-state index >= 15 is 0 Å². The number of nitrogens with one attached hydrogen (secondary N) is 2. The molecule has 6 N–H and O–H groups in total. The van der Waals surface area contributed by atoms with E-state index in [1.807, 2.05) is 141 Å². The van der Waals surface area contributed by atoms with Gasteiger partial charge in [-0.2, -0.15) is 0 Å². The summed E-state index contributed by atoms with van der Waals surface area (Å²) in [6, 6.07) is 46.5. The zero-order chi connectivity index (χ0) is 60.8. The third kappa shape index (κ3) is 13.9. The van der Waals surface area contributed by atoms with Crippen molar-refractivity contribution >= 4 is 36.8 Å². The fourth-order valence-electron chi connectivity index (χ4n) is 13.7. The van der Waals surface area contributed by atoms with Gasteiger partial charge < -0.3 is 78.4 Å². The summed E-state index contributed by atoms with van der Waals surface area (Å²) in [5.74, 6) is -0.955. The molecule has 1 aliphatic carbocycles. The van der Waals surface area contributed by atoms with Crippen molar-refractivity contribution < 1.29 is 76.4 Å². The van der Waals surface area contributed by atoms with Crippen LogP contribution < -0.4 is 26.7 Å². The van der Waals surface area contributed by atoms with Crippen LogP contribution in [0.15, 0.2) is 152 Å². The second-order valence-electron chi connectivity index (χ2n) is 24.9. The van der Waals surface area contributed by atoms with Crippen LogP contribution in [-0.4, -0.2) is 141 Å².